The Bertz CT molecular complexity index is 69.3. The maximum absolute atomic E-state index is 5.25. The molecule has 9 heavy (non-hydrogen) atoms. The van der Waals surface area contributed by atoms with Gasteiger partial charge in [0.2, 0.25) is 0 Å². The van der Waals surface area contributed by atoms with Gasteiger partial charge in [-0.2, -0.15) is 0 Å². The van der Waals surface area contributed by atoms with Gasteiger partial charge in [0.25, 0.3) is 0 Å². The highest BCUT2D eigenvalue weighted by Crippen LogP contribution is 2.04. The molecule has 0 aromatic carbocycles. The first kappa shape index (κ1) is 7.03. The zero-order chi connectivity index (χ0) is 6.53. The third-order valence-corrected chi connectivity index (χ3v) is 1.69. The quantitative estimate of drug-likeness (QED) is 0.608. The van der Waals surface area contributed by atoms with Crippen molar-refractivity contribution in [1.82, 2.24) is 5.32 Å². The van der Waals surface area contributed by atoms with Gasteiger partial charge in [0, 0.05) is 12.6 Å². The molecule has 1 N–H and O–H groups in total. The van der Waals surface area contributed by atoms with E-state index in [1.54, 1.807) is 0 Å². The van der Waals surface area contributed by atoms with E-state index in [0.29, 0.717) is 6.04 Å². The van der Waals surface area contributed by atoms with Crippen LogP contribution in [0.1, 0.15) is 19.8 Å². The van der Waals surface area contributed by atoms with Gasteiger partial charge in [-0.25, -0.2) is 0 Å². The zero-order valence-electron chi connectivity index (χ0n) is 6.02. The van der Waals surface area contributed by atoms with Crippen LogP contribution in [-0.4, -0.2) is 25.8 Å². The van der Waals surface area contributed by atoms with Gasteiger partial charge in [0.15, 0.2) is 0 Å². The minimum atomic E-state index is 0.643. The summed E-state index contributed by atoms with van der Waals surface area (Å²) in [6.45, 7) is 4.96. The van der Waals surface area contributed by atoms with Gasteiger partial charge in [-0.05, 0) is 26.3 Å². The van der Waals surface area contributed by atoms with E-state index in [1.165, 1.54) is 19.4 Å². The maximum Gasteiger partial charge on any atom is 0.0619 e. The van der Waals surface area contributed by atoms with Crippen molar-refractivity contribution in [2.24, 2.45) is 0 Å². The maximum atomic E-state index is 5.25. The number of rotatable bonds is 3. The molecule has 1 aliphatic rings. The highest BCUT2D eigenvalue weighted by atomic mass is 16.5. The molecular formula is C7H15NO. The molecule has 0 spiro atoms. The lowest BCUT2D eigenvalue weighted by Crippen LogP contribution is -2.26. The fourth-order valence-corrected chi connectivity index (χ4v) is 1.16. The molecule has 0 unspecified atom stereocenters. The summed E-state index contributed by atoms with van der Waals surface area (Å²) in [5, 5.41) is 3.37. The second-order valence-corrected chi connectivity index (χ2v) is 2.45. The molecule has 1 fully saturated rings. The Morgan fingerprint density at radius 2 is 2.56 bits per heavy atom. The van der Waals surface area contributed by atoms with Gasteiger partial charge in [-0.1, -0.05) is 0 Å². The lowest BCUT2D eigenvalue weighted by atomic mass is 10.2. The minimum absolute atomic E-state index is 0.643. The summed E-state index contributed by atoms with van der Waals surface area (Å²) in [5.74, 6) is 0. The number of hydrogen-bond donors (Lipinski definition) is 1. The molecule has 0 amide bonds. The van der Waals surface area contributed by atoms with E-state index in [0.717, 1.165) is 13.2 Å². The van der Waals surface area contributed by atoms with E-state index >= 15 is 0 Å². The van der Waals surface area contributed by atoms with Gasteiger partial charge in [0.05, 0.1) is 6.61 Å². The highest BCUT2D eigenvalue weighted by molar-refractivity contribution is 4.72. The van der Waals surface area contributed by atoms with Gasteiger partial charge in [-0.3, -0.25) is 0 Å². The van der Waals surface area contributed by atoms with E-state index in [-0.39, 0.29) is 0 Å². The van der Waals surface area contributed by atoms with E-state index in [9.17, 15) is 0 Å². The van der Waals surface area contributed by atoms with Crippen molar-refractivity contribution in [2.45, 2.75) is 25.8 Å². The van der Waals surface area contributed by atoms with Crippen molar-refractivity contribution in [3.8, 4) is 0 Å². The van der Waals surface area contributed by atoms with Crippen molar-refractivity contribution in [2.75, 3.05) is 19.8 Å². The third-order valence-electron chi connectivity index (χ3n) is 1.69. The van der Waals surface area contributed by atoms with Crippen LogP contribution in [0.15, 0.2) is 0 Å². The molecular weight excluding hydrogens is 114 g/mol. The molecule has 54 valence electrons. The SMILES string of the molecule is CCOC[C@H]1CCCN1. The van der Waals surface area contributed by atoms with Crippen LogP contribution >= 0.6 is 0 Å². The summed E-state index contributed by atoms with van der Waals surface area (Å²) in [5.41, 5.74) is 0. The highest BCUT2D eigenvalue weighted by Gasteiger charge is 2.12. The molecule has 0 aliphatic carbocycles. The molecule has 0 radical (unpaired) electrons. The lowest BCUT2D eigenvalue weighted by Gasteiger charge is -2.08. The van der Waals surface area contributed by atoms with Gasteiger partial charge < -0.3 is 10.1 Å². The molecule has 2 nitrogen and oxygen atoms in total. The van der Waals surface area contributed by atoms with Gasteiger partial charge in [-0.15, -0.1) is 0 Å². The molecule has 1 aliphatic heterocycles. The Morgan fingerprint density at radius 3 is 3.11 bits per heavy atom. The van der Waals surface area contributed by atoms with Crippen molar-refractivity contribution in [1.29, 1.82) is 0 Å². The standard InChI is InChI=1S/C7H15NO/c1-2-9-6-7-4-3-5-8-7/h7-8H,2-6H2,1H3/t7-/m1/s1. The Hall–Kier alpha value is -0.0800. The normalized spacial score (nSPS) is 27.0. The summed E-state index contributed by atoms with van der Waals surface area (Å²) in [4.78, 5) is 0. The van der Waals surface area contributed by atoms with E-state index < -0.39 is 0 Å². The first-order valence-electron chi connectivity index (χ1n) is 3.74. The number of nitrogens with one attached hydrogen (secondary N) is 1. The van der Waals surface area contributed by atoms with Crippen molar-refractivity contribution >= 4 is 0 Å². The van der Waals surface area contributed by atoms with E-state index in [1.807, 2.05) is 6.92 Å². The summed E-state index contributed by atoms with van der Waals surface area (Å²) in [7, 11) is 0. The Morgan fingerprint density at radius 1 is 1.67 bits per heavy atom. The first-order valence-corrected chi connectivity index (χ1v) is 3.74. The summed E-state index contributed by atoms with van der Waals surface area (Å²) in [6, 6.07) is 0.643. The smallest absolute Gasteiger partial charge is 0.0619 e. The summed E-state index contributed by atoms with van der Waals surface area (Å²) < 4.78 is 5.25. The second kappa shape index (κ2) is 3.85. The Balaban J connectivity index is 1.98. The molecule has 0 aromatic rings. The molecule has 1 atom stereocenters. The van der Waals surface area contributed by atoms with Crippen LogP contribution in [-0.2, 0) is 4.74 Å². The fraction of sp³-hybridized carbons (Fsp3) is 1.00. The first-order chi connectivity index (χ1) is 4.43. The number of hydrogen-bond acceptors (Lipinski definition) is 2. The molecule has 0 saturated carbocycles. The molecule has 1 heterocycles. The molecule has 1 rings (SSSR count). The topological polar surface area (TPSA) is 21.3 Å². The average molecular weight is 129 g/mol. The minimum Gasteiger partial charge on any atom is -0.380 e. The predicted molar refractivity (Wildman–Crippen MR) is 37.5 cm³/mol. The zero-order valence-corrected chi connectivity index (χ0v) is 6.02. The van der Waals surface area contributed by atoms with Crippen LogP contribution in [0.25, 0.3) is 0 Å². The predicted octanol–water partition coefficient (Wildman–Crippen LogP) is 0.775. The Labute approximate surface area is 56.6 Å². The van der Waals surface area contributed by atoms with Crippen molar-refractivity contribution in [3.63, 3.8) is 0 Å². The third kappa shape index (κ3) is 2.33. The van der Waals surface area contributed by atoms with Crippen LogP contribution in [0.2, 0.25) is 0 Å². The van der Waals surface area contributed by atoms with Crippen LogP contribution in [0.5, 0.6) is 0 Å². The number of ether oxygens (including phenoxy) is 1. The molecule has 0 bridgehead atoms. The monoisotopic (exact) mass is 129 g/mol. The second-order valence-electron chi connectivity index (χ2n) is 2.45. The molecule has 0 aromatic heterocycles. The van der Waals surface area contributed by atoms with Crippen LogP contribution < -0.4 is 5.32 Å². The van der Waals surface area contributed by atoms with Crippen molar-refractivity contribution in [3.05, 3.63) is 0 Å². The molecule has 1 saturated heterocycles. The van der Waals surface area contributed by atoms with Gasteiger partial charge >= 0.3 is 0 Å². The van der Waals surface area contributed by atoms with E-state index in [4.69, 9.17) is 4.74 Å². The fourth-order valence-electron chi connectivity index (χ4n) is 1.16. The largest absolute Gasteiger partial charge is 0.380 e. The van der Waals surface area contributed by atoms with Gasteiger partial charge in [0.1, 0.15) is 0 Å². The summed E-state index contributed by atoms with van der Waals surface area (Å²) >= 11 is 0. The molecule has 2 heteroatoms. The van der Waals surface area contributed by atoms with Crippen molar-refractivity contribution < 1.29 is 4.74 Å². The Kier molecular flexibility index (Phi) is 3.01. The van der Waals surface area contributed by atoms with E-state index in [2.05, 4.69) is 5.32 Å². The van der Waals surface area contributed by atoms with Crippen LogP contribution in [0.3, 0.4) is 0 Å². The average Bonchev–Trinajstić information content (AvgIpc) is 2.34. The van der Waals surface area contributed by atoms with Crippen LogP contribution in [0.4, 0.5) is 0 Å². The summed E-state index contributed by atoms with van der Waals surface area (Å²) in [6.07, 6.45) is 2.61. The lowest BCUT2D eigenvalue weighted by molar-refractivity contribution is 0.128. The van der Waals surface area contributed by atoms with Crippen LogP contribution in [0, 0.1) is 0 Å².